The highest BCUT2D eigenvalue weighted by Crippen LogP contribution is 2.58. The lowest BCUT2D eigenvalue weighted by atomic mass is 9.48. The number of ketones is 1. The number of hydrogen-bond donors (Lipinski definition) is 0. The largest absolute Gasteiger partial charge is 0.299 e. The number of carbonyl (C=O) groups is 1. The highest BCUT2D eigenvalue weighted by atomic mass is 16.6. The molecule has 4 heteroatoms. The van der Waals surface area contributed by atoms with Gasteiger partial charge in [0.2, 0.25) is 6.04 Å². The highest BCUT2D eigenvalue weighted by Gasteiger charge is 2.61. The van der Waals surface area contributed by atoms with Crippen LogP contribution in [0.15, 0.2) is 36.4 Å². The molecule has 0 heterocycles. The number of benzene rings is 1. The number of fused-ring (bicyclic) bond motifs is 3. The smallest absolute Gasteiger partial charge is 0.218 e. The van der Waals surface area contributed by atoms with Gasteiger partial charge in [-0.05, 0) is 17.4 Å². The van der Waals surface area contributed by atoms with Gasteiger partial charge in [0, 0.05) is 23.7 Å². The number of allylic oxidation sites excluding steroid dienone is 1. The predicted molar refractivity (Wildman–Crippen MR) is 84.8 cm³/mol. The van der Waals surface area contributed by atoms with E-state index in [2.05, 4.69) is 13.8 Å². The van der Waals surface area contributed by atoms with Crippen molar-refractivity contribution in [1.29, 1.82) is 0 Å². The maximum absolute atomic E-state index is 12.6. The van der Waals surface area contributed by atoms with Crippen molar-refractivity contribution in [2.45, 2.75) is 39.2 Å². The zero-order chi connectivity index (χ0) is 16.0. The summed E-state index contributed by atoms with van der Waals surface area (Å²) in [6.45, 7) is 4.12. The Morgan fingerprint density at radius 1 is 1.27 bits per heavy atom. The van der Waals surface area contributed by atoms with Gasteiger partial charge in [0.05, 0.1) is 5.41 Å². The van der Waals surface area contributed by atoms with Crippen LogP contribution in [0.5, 0.6) is 0 Å². The first-order valence-corrected chi connectivity index (χ1v) is 7.75. The van der Waals surface area contributed by atoms with Crippen LogP contribution in [0.25, 0.3) is 6.08 Å². The van der Waals surface area contributed by atoms with Crippen molar-refractivity contribution in [3.63, 3.8) is 0 Å². The molecule has 1 aromatic rings. The number of nitro groups is 1. The maximum atomic E-state index is 12.6. The number of Topliss-reactive ketones (excluding diaryl/α,β-unsaturated/α-hetero) is 1. The lowest BCUT2D eigenvalue weighted by Crippen LogP contribution is -2.58. The summed E-state index contributed by atoms with van der Waals surface area (Å²) >= 11 is 0. The normalized spacial score (nSPS) is 33.3. The van der Waals surface area contributed by atoms with Crippen molar-refractivity contribution >= 4 is 11.9 Å². The fraction of sp³-hybridized carbons (Fsp3) is 0.500. The second kappa shape index (κ2) is 5.04. The van der Waals surface area contributed by atoms with E-state index in [0.29, 0.717) is 19.3 Å². The zero-order valence-electron chi connectivity index (χ0n) is 13.0. The van der Waals surface area contributed by atoms with E-state index in [1.165, 1.54) is 0 Å². The maximum Gasteiger partial charge on any atom is 0.218 e. The van der Waals surface area contributed by atoms with E-state index in [1.54, 1.807) is 0 Å². The van der Waals surface area contributed by atoms with Crippen molar-refractivity contribution in [1.82, 2.24) is 0 Å². The van der Waals surface area contributed by atoms with E-state index >= 15 is 0 Å². The van der Waals surface area contributed by atoms with E-state index in [9.17, 15) is 14.9 Å². The molecule has 0 spiro atoms. The Kier molecular flexibility index (Phi) is 3.42. The van der Waals surface area contributed by atoms with Crippen LogP contribution in [0.2, 0.25) is 0 Å². The van der Waals surface area contributed by atoms with E-state index in [4.69, 9.17) is 0 Å². The van der Waals surface area contributed by atoms with Crippen molar-refractivity contribution in [3.05, 3.63) is 52.1 Å². The topological polar surface area (TPSA) is 60.2 Å². The molecular formula is C18H21NO3. The Balaban J connectivity index is 1.97. The summed E-state index contributed by atoms with van der Waals surface area (Å²) < 4.78 is 0. The third-order valence-electron chi connectivity index (χ3n) is 5.44. The van der Waals surface area contributed by atoms with Gasteiger partial charge in [0.1, 0.15) is 5.78 Å². The molecule has 22 heavy (non-hydrogen) atoms. The summed E-state index contributed by atoms with van der Waals surface area (Å²) in [7, 11) is 0. The molecule has 3 unspecified atom stereocenters. The average molecular weight is 299 g/mol. The summed E-state index contributed by atoms with van der Waals surface area (Å²) in [6, 6.07) is 9.17. The Morgan fingerprint density at radius 2 is 1.95 bits per heavy atom. The molecule has 3 aliphatic rings. The minimum Gasteiger partial charge on any atom is -0.299 e. The molecule has 4 nitrogen and oxygen atoms in total. The molecule has 0 aliphatic heterocycles. The lowest BCUT2D eigenvalue weighted by Gasteiger charge is -2.53. The summed E-state index contributed by atoms with van der Waals surface area (Å²) in [4.78, 5) is 23.8. The molecule has 0 radical (unpaired) electrons. The number of rotatable bonds is 3. The molecular weight excluding hydrogens is 278 g/mol. The fourth-order valence-electron chi connectivity index (χ4n) is 4.34. The number of carbonyl (C=O) groups excluding carboxylic acids is 1. The van der Waals surface area contributed by atoms with Crippen LogP contribution < -0.4 is 0 Å². The molecule has 4 rings (SSSR count). The SMILES string of the molecule is CC1(C)CC2(/C=C/c3ccccc3)CC([N+](=O)[O-])C1CC2=O. The lowest BCUT2D eigenvalue weighted by molar-refractivity contribution is -0.545. The second-order valence-electron chi connectivity index (χ2n) is 7.36. The highest BCUT2D eigenvalue weighted by molar-refractivity contribution is 5.90. The minimum absolute atomic E-state index is 0.137. The summed E-state index contributed by atoms with van der Waals surface area (Å²) in [5.41, 5.74) is 0.171. The first-order valence-electron chi connectivity index (χ1n) is 7.75. The van der Waals surface area contributed by atoms with Gasteiger partial charge >= 0.3 is 0 Å². The molecule has 116 valence electrons. The molecule has 3 aliphatic carbocycles. The van der Waals surface area contributed by atoms with E-state index < -0.39 is 11.5 Å². The average Bonchev–Trinajstić information content (AvgIpc) is 2.47. The van der Waals surface area contributed by atoms with Gasteiger partial charge in [-0.25, -0.2) is 0 Å². The van der Waals surface area contributed by atoms with Crippen molar-refractivity contribution in [2.75, 3.05) is 0 Å². The predicted octanol–water partition coefficient (Wildman–Crippen LogP) is 3.74. The van der Waals surface area contributed by atoms with E-state index in [0.717, 1.165) is 5.56 Å². The van der Waals surface area contributed by atoms with Gasteiger partial charge < -0.3 is 0 Å². The van der Waals surface area contributed by atoms with Gasteiger partial charge in [-0.15, -0.1) is 0 Å². The third kappa shape index (κ3) is 2.36. The summed E-state index contributed by atoms with van der Waals surface area (Å²) in [6.07, 6.45) is 5.25. The zero-order valence-corrected chi connectivity index (χ0v) is 13.0. The van der Waals surface area contributed by atoms with Crippen LogP contribution >= 0.6 is 0 Å². The van der Waals surface area contributed by atoms with Gasteiger partial charge in [-0.3, -0.25) is 14.9 Å². The van der Waals surface area contributed by atoms with Crippen molar-refractivity contribution < 1.29 is 9.72 Å². The van der Waals surface area contributed by atoms with Crippen molar-refractivity contribution in [2.24, 2.45) is 16.7 Å². The summed E-state index contributed by atoms with van der Waals surface area (Å²) in [5.74, 6) is 0.0316. The molecule has 1 aromatic carbocycles. The standard InChI is InChI=1S/C18H21NO3/c1-17(2)12-18(9-8-13-6-4-3-5-7-13)11-15(19(21)22)14(17)10-16(18)20/h3-9,14-15H,10-12H2,1-2H3/b9-8+. The Bertz CT molecular complexity index is 635. The molecule has 0 N–H and O–H groups in total. The molecule has 0 aromatic heterocycles. The minimum atomic E-state index is -0.675. The molecule has 3 atom stereocenters. The molecule has 0 saturated heterocycles. The van der Waals surface area contributed by atoms with Crippen LogP contribution in [-0.4, -0.2) is 16.7 Å². The molecule has 3 saturated carbocycles. The van der Waals surface area contributed by atoms with Crippen molar-refractivity contribution in [3.8, 4) is 0 Å². The van der Waals surface area contributed by atoms with Crippen LogP contribution in [0.1, 0.15) is 38.7 Å². The first-order chi connectivity index (χ1) is 10.3. The Morgan fingerprint density at radius 3 is 2.59 bits per heavy atom. The van der Waals surface area contributed by atoms with Gasteiger partial charge in [-0.2, -0.15) is 0 Å². The molecule has 0 amide bonds. The third-order valence-corrected chi connectivity index (χ3v) is 5.44. The molecule has 2 bridgehead atoms. The second-order valence-corrected chi connectivity index (χ2v) is 7.36. The van der Waals surface area contributed by atoms with Crippen LogP contribution in [0.4, 0.5) is 0 Å². The van der Waals surface area contributed by atoms with Gasteiger partial charge in [0.25, 0.3) is 0 Å². The monoisotopic (exact) mass is 299 g/mol. The molecule has 3 fully saturated rings. The number of hydrogen-bond acceptors (Lipinski definition) is 3. The Hall–Kier alpha value is -1.97. The summed E-state index contributed by atoms with van der Waals surface area (Å²) in [5, 5.41) is 11.4. The van der Waals surface area contributed by atoms with Crippen LogP contribution in [0.3, 0.4) is 0 Å². The van der Waals surface area contributed by atoms with Gasteiger partial charge in [0.15, 0.2) is 0 Å². The van der Waals surface area contributed by atoms with Crippen LogP contribution in [0, 0.1) is 26.9 Å². The van der Waals surface area contributed by atoms with E-state index in [-0.39, 0.29) is 22.0 Å². The van der Waals surface area contributed by atoms with E-state index in [1.807, 2.05) is 42.5 Å². The first kappa shape index (κ1) is 14.9. The fourth-order valence-corrected chi connectivity index (χ4v) is 4.34. The van der Waals surface area contributed by atoms with Crippen LogP contribution in [-0.2, 0) is 4.79 Å². The quantitative estimate of drug-likeness (QED) is 0.631. The van der Waals surface area contributed by atoms with Gasteiger partial charge in [-0.1, -0.05) is 56.3 Å². The Labute approximate surface area is 130 Å². The number of nitrogens with zero attached hydrogens (tertiary/aromatic N) is 1.